The van der Waals surface area contributed by atoms with E-state index < -0.39 is 0 Å². The van der Waals surface area contributed by atoms with Crippen LogP contribution in [0.15, 0.2) is 23.1 Å². The predicted octanol–water partition coefficient (Wildman–Crippen LogP) is 2.76. The van der Waals surface area contributed by atoms with E-state index >= 15 is 0 Å². The van der Waals surface area contributed by atoms with Gasteiger partial charge in [0, 0.05) is 29.6 Å². The lowest BCUT2D eigenvalue weighted by Gasteiger charge is -2.29. The molecule has 0 aliphatic carbocycles. The first kappa shape index (κ1) is 19.1. The lowest BCUT2D eigenvalue weighted by molar-refractivity contribution is -0.115. The van der Waals surface area contributed by atoms with Gasteiger partial charge in [-0.25, -0.2) is 0 Å². The van der Waals surface area contributed by atoms with Crippen molar-refractivity contribution in [1.82, 2.24) is 10.2 Å². The van der Waals surface area contributed by atoms with Crippen LogP contribution < -0.4 is 10.6 Å². The normalized spacial score (nSPS) is 22.3. The molecule has 0 radical (unpaired) electrons. The van der Waals surface area contributed by atoms with E-state index in [4.69, 9.17) is 0 Å². The molecule has 2 amide bonds. The number of nitrogens with one attached hydrogen (secondary N) is 2. The molecule has 24 heavy (non-hydrogen) atoms. The average Bonchev–Trinajstić information content (AvgIpc) is 3.07. The Balaban J connectivity index is 0.00000208. The molecule has 3 rings (SSSR count). The molecule has 2 aliphatic rings. The Hall–Kier alpha value is -1.24. The average molecular weight is 370 g/mol. The van der Waals surface area contributed by atoms with Gasteiger partial charge in [-0.3, -0.25) is 9.59 Å². The largest absolute Gasteiger partial charge is 0.334 e. The van der Waals surface area contributed by atoms with Crippen LogP contribution in [0.3, 0.4) is 0 Å². The van der Waals surface area contributed by atoms with Gasteiger partial charge in [0.1, 0.15) is 0 Å². The first-order valence-electron chi connectivity index (χ1n) is 8.23. The van der Waals surface area contributed by atoms with Crippen LogP contribution in [-0.2, 0) is 4.79 Å². The molecule has 5 nitrogen and oxygen atoms in total. The quantitative estimate of drug-likeness (QED) is 0.856. The highest BCUT2D eigenvalue weighted by atomic mass is 35.5. The number of rotatable bonds is 4. The molecule has 0 bridgehead atoms. The standard InChI is InChI=1S/C17H23N3O2S.ClH/c1-3-8-20(13-6-7-18-10-13)17(22)12-4-5-15-14(9-12)19-16(21)11(2)23-15;/h4-5,9,11,13,18H,3,6-8,10H2,1-2H3,(H,19,21);1H. The van der Waals surface area contributed by atoms with Gasteiger partial charge in [0.05, 0.1) is 10.9 Å². The summed E-state index contributed by atoms with van der Waals surface area (Å²) in [7, 11) is 0. The summed E-state index contributed by atoms with van der Waals surface area (Å²) in [6.45, 7) is 6.57. The lowest BCUT2D eigenvalue weighted by Crippen LogP contribution is -2.42. The molecule has 1 aromatic carbocycles. The molecule has 7 heteroatoms. The molecule has 2 atom stereocenters. The van der Waals surface area contributed by atoms with Crippen molar-refractivity contribution in [2.45, 2.75) is 42.9 Å². The van der Waals surface area contributed by atoms with E-state index in [1.807, 2.05) is 30.0 Å². The predicted molar refractivity (Wildman–Crippen MR) is 100 cm³/mol. The van der Waals surface area contributed by atoms with E-state index in [-0.39, 0.29) is 35.5 Å². The van der Waals surface area contributed by atoms with E-state index in [1.165, 1.54) is 11.8 Å². The minimum absolute atomic E-state index is 0. The molecule has 0 saturated carbocycles. The summed E-state index contributed by atoms with van der Waals surface area (Å²) >= 11 is 1.54. The number of hydrogen-bond acceptors (Lipinski definition) is 4. The molecule has 2 heterocycles. The highest BCUT2D eigenvalue weighted by molar-refractivity contribution is 8.00. The van der Waals surface area contributed by atoms with Gasteiger partial charge in [-0.15, -0.1) is 24.2 Å². The van der Waals surface area contributed by atoms with Crippen LogP contribution in [0.1, 0.15) is 37.0 Å². The number of halogens is 1. The van der Waals surface area contributed by atoms with Crippen LogP contribution in [0.4, 0.5) is 5.69 Å². The number of thioether (sulfide) groups is 1. The first-order valence-corrected chi connectivity index (χ1v) is 9.11. The Kier molecular flexibility index (Phi) is 6.54. The van der Waals surface area contributed by atoms with Gasteiger partial charge in [0.15, 0.2) is 0 Å². The van der Waals surface area contributed by atoms with Crippen LogP contribution in [0.2, 0.25) is 0 Å². The van der Waals surface area contributed by atoms with Crippen molar-refractivity contribution in [3.05, 3.63) is 23.8 Å². The smallest absolute Gasteiger partial charge is 0.254 e. The van der Waals surface area contributed by atoms with Crippen molar-refractivity contribution in [1.29, 1.82) is 0 Å². The van der Waals surface area contributed by atoms with E-state index in [1.54, 1.807) is 0 Å². The monoisotopic (exact) mass is 369 g/mol. The maximum atomic E-state index is 12.9. The number of carbonyl (C=O) groups excluding carboxylic acids is 2. The van der Waals surface area contributed by atoms with E-state index in [9.17, 15) is 9.59 Å². The number of amides is 2. The molecular weight excluding hydrogens is 346 g/mol. The van der Waals surface area contributed by atoms with Crippen molar-refractivity contribution in [2.24, 2.45) is 0 Å². The lowest BCUT2D eigenvalue weighted by atomic mass is 10.1. The molecule has 0 spiro atoms. The summed E-state index contributed by atoms with van der Waals surface area (Å²) in [5, 5.41) is 6.13. The summed E-state index contributed by atoms with van der Waals surface area (Å²) < 4.78 is 0. The number of benzene rings is 1. The van der Waals surface area contributed by atoms with Crippen LogP contribution in [0, 0.1) is 0 Å². The maximum Gasteiger partial charge on any atom is 0.254 e. The zero-order valence-electron chi connectivity index (χ0n) is 14.0. The second-order valence-corrected chi connectivity index (χ2v) is 7.49. The Bertz CT molecular complexity index is 620. The van der Waals surface area contributed by atoms with Gasteiger partial charge in [-0.05, 0) is 44.5 Å². The first-order chi connectivity index (χ1) is 11.1. The van der Waals surface area contributed by atoms with Gasteiger partial charge in [-0.1, -0.05) is 6.92 Å². The summed E-state index contributed by atoms with van der Waals surface area (Å²) in [5.74, 6) is 0.0544. The highest BCUT2D eigenvalue weighted by Crippen LogP contribution is 2.36. The molecule has 1 fully saturated rings. The second-order valence-electron chi connectivity index (χ2n) is 6.11. The van der Waals surface area contributed by atoms with Crippen molar-refractivity contribution in [2.75, 3.05) is 25.0 Å². The van der Waals surface area contributed by atoms with Gasteiger partial charge in [0.2, 0.25) is 5.91 Å². The van der Waals surface area contributed by atoms with E-state index in [2.05, 4.69) is 17.6 Å². The molecule has 0 aromatic heterocycles. The topological polar surface area (TPSA) is 61.4 Å². The Morgan fingerprint density at radius 3 is 2.88 bits per heavy atom. The van der Waals surface area contributed by atoms with Crippen molar-refractivity contribution in [3.63, 3.8) is 0 Å². The van der Waals surface area contributed by atoms with E-state index in [0.717, 1.165) is 43.1 Å². The molecule has 132 valence electrons. The SMILES string of the molecule is CCCN(C(=O)c1ccc2c(c1)NC(=O)C(C)S2)C1CCNC1.Cl. The van der Waals surface area contributed by atoms with Crippen molar-refractivity contribution in [3.8, 4) is 0 Å². The summed E-state index contributed by atoms with van der Waals surface area (Å²) in [4.78, 5) is 27.8. The van der Waals surface area contributed by atoms with E-state index in [0.29, 0.717) is 5.56 Å². The van der Waals surface area contributed by atoms with Gasteiger partial charge >= 0.3 is 0 Å². The molecule has 1 saturated heterocycles. The van der Waals surface area contributed by atoms with Crippen molar-refractivity contribution >= 4 is 41.7 Å². The second kappa shape index (κ2) is 8.23. The van der Waals surface area contributed by atoms with Crippen LogP contribution in [-0.4, -0.2) is 47.6 Å². The Labute approximate surface area is 153 Å². The summed E-state index contributed by atoms with van der Waals surface area (Å²) in [5.41, 5.74) is 1.41. The minimum Gasteiger partial charge on any atom is -0.334 e. The minimum atomic E-state index is -0.0924. The third-order valence-corrected chi connectivity index (χ3v) is 5.54. The van der Waals surface area contributed by atoms with Gasteiger partial charge in [0.25, 0.3) is 5.91 Å². The third-order valence-electron chi connectivity index (χ3n) is 4.36. The summed E-state index contributed by atoms with van der Waals surface area (Å²) in [6, 6.07) is 5.91. The number of anilines is 1. The molecule has 2 unspecified atom stereocenters. The van der Waals surface area contributed by atoms with Crippen LogP contribution >= 0.6 is 24.2 Å². The zero-order chi connectivity index (χ0) is 16.4. The zero-order valence-corrected chi connectivity index (χ0v) is 15.6. The maximum absolute atomic E-state index is 12.9. The van der Waals surface area contributed by atoms with Gasteiger partial charge in [-0.2, -0.15) is 0 Å². The number of hydrogen-bond donors (Lipinski definition) is 2. The molecule has 1 aromatic rings. The number of fused-ring (bicyclic) bond motifs is 1. The highest BCUT2D eigenvalue weighted by Gasteiger charge is 2.28. The Morgan fingerprint density at radius 1 is 1.42 bits per heavy atom. The van der Waals surface area contributed by atoms with Crippen LogP contribution in [0.25, 0.3) is 0 Å². The number of nitrogens with zero attached hydrogens (tertiary/aromatic N) is 1. The fourth-order valence-electron chi connectivity index (χ4n) is 3.10. The molecule has 2 aliphatic heterocycles. The fourth-order valence-corrected chi connectivity index (χ4v) is 4.03. The molecular formula is C17H24ClN3O2S. The van der Waals surface area contributed by atoms with Gasteiger partial charge < -0.3 is 15.5 Å². The Morgan fingerprint density at radius 2 is 2.21 bits per heavy atom. The summed E-state index contributed by atoms with van der Waals surface area (Å²) in [6.07, 6.45) is 1.94. The third kappa shape index (κ3) is 3.87. The number of carbonyl (C=O) groups is 2. The fraction of sp³-hybridized carbons (Fsp3) is 0.529. The van der Waals surface area contributed by atoms with Crippen LogP contribution in [0.5, 0.6) is 0 Å². The van der Waals surface area contributed by atoms with Crippen molar-refractivity contribution < 1.29 is 9.59 Å². The molecule has 2 N–H and O–H groups in total.